The number of aryl methyl sites for hydroxylation is 1. The number of aromatic nitrogens is 2. The van der Waals surface area contributed by atoms with Crippen LogP contribution in [-0.4, -0.2) is 15.9 Å². The highest BCUT2D eigenvalue weighted by atomic mass is 19.1. The number of nitrogens with zero attached hydrogens (tertiary/aromatic N) is 2. The number of halogens is 1. The molecular weight excluding hydrogens is 235 g/mol. The molecule has 0 aliphatic heterocycles. The van der Waals surface area contributed by atoms with Gasteiger partial charge in [-0.05, 0) is 24.6 Å². The number of carbonyl (C=O) groups is 1. The number of amides is 1. The summed E-state index contributed by atoms with van der Waals surface area (Å²) in [6.45, 7) is 1.75. The van der Waals surface area contributed by atoms with E-state index >= 15 is 0 Å². The third-order valence-corrected chi connectivity index (χ3v) is 2.35. The van der Waals surface area contributed by atoms with Crippen molar-refractivity contribution >= 4 is 17.4 Å². The molecule has 2 rings (SSSR count). The highest BCUT2D eigenvalue weighted by Gasteiger charge is 2.13. The van der Waals surface area contributed by atoms with E-state index in [0.717, 1.165) is 6.20 Å². The average Bonchev–Trinajstić information content (AvgIpc) is 2.33. The summed E-state index contributed by atoms with van der Waals surface area (Å²) in [5, 5.41) is 2.52. The molecule has 0 unspecified atom stereocenters. The zero-order valence-electron chi connectivity index (χ0n) is 9.64. The van der Waals surface area contributed by atoms with Crippen molar-refractivity contribution in [2.24, 2.45) is 0 Å². The largest absolute Gasteiger partial charge is 0.397 e. The zero-order chi connectivity index (χ0) is 13.1. The van der Waals surface area contributed by atoms with E-state index in [1.165, 1.54) is 18.5 Å². The molecule has 0 saturated heterocycles. The number of hydrogen-bond acceptors (Lipinski definition) is 4. The van der Waals surface area contributed by atoms with E-state index in [-0.39, 0.29) is 5.56 Å². The molecule has 0 aliphatic rings. The number of nitrogen functional groups attached to an aromatic ring is 1. The summed E-state index contributed by atoms with van der Waals surface area (Å²) in [4.78, 5) is 19.4. The molecule has 0 aliphatic carbocycles. The molecule has 0 radical (unpaired) electrons. The molecule has 0 atom stereocenters. The van der Waals surface area contributed by atoms with Crippen LogP contribution < -0.4 is 11.1 Å². The van der Waals surface area contributed by atoms with Crippen molar-refractivity contribution in [3.05, 3.63) is 47.7 Å². The summed E-state index contributed by atoms with van der Waals surface area (Å²) >= 11 is 0. The topological polar surface area (TPSA) is 80.9 Å². The molecule has 1 amide bonds. The molecule has 0 saturated carbocycles. The first kappa shape index (κ1) is 12.0. The van der Waals surface area contributed by atoms with Crippen LogP contribution in [0.4, 0.5) is 15.9 Å². The first-order chi connectivity index (χ1) is 8.58. The summed E-state index contributed by atoms with van der Waals surface area (Å²) in [7, 11) is 0. The lowest BCUT2D eigenvalue weighted by Crippen LogP contribution is -2.15. The Labute approximate surface area is 103 Å². The summed E-state index contributed by atoms with van der Waals surface area (Å²) < 4.78 is 13.3. The predicted octanol–water partition coefficient (Wildman–Crippen LogP) is 1.76. The average molecular weight is 246 g/mol. The monoisotopic (exact) mass is 246 g/mol. The molecule has 3 N–H and O–H groups in total. The fraction of sp³-hybridized carbons (Fsp3) is 0.0833. The molecule has 0 fully saturated rings. The smallest absolute Gasteiger partial charge is 0.259 e. The number of rotatable bonds is 2. The Hall–Kier alpha value is -2.50. The van der Waals surface area contributed by atoms with Crippen LogP contribution in [0.15, 0.2) is 30.7 Å². The summed E-state index contributed by atoms with van der Waals surface area (Å²) in [5.74, 6) is -0.899. The lowest BCUT2D eigenvalue weighted by atomic mass is 10.2. The van der Waals surface area contributed by atoms with Gasteiger partial charge in [-0.3, -0.25) is 9.78 Å². The SMILES string of the molecule is Cc1cc(N)cnc1NC(=O)c1ccncc1F. The van der Waals surface area contributed by atoms with Gasteiger partial charge in [0.1, 0.15) is 5.82 Å². The quantitative estimate of drug-likeness (QED) is 0.846. The Morgan fingerprint density at radius 2 is 2.22 bits per heavy atom. The van der Waals surface area contributed by atoms with Gasteiger partial charge in [-0.15, -0.1) is 0 Å². The van der Waals surface area contributed by atoms with E-state index in [2.05, 4.69) is 15.3 Å². The molecule has 18 heavy (non-hydrogen) atoms. The van der Waals surface area contributed by atoms with Gasteiger partial charge in [0.15, 0.2) is 5.82 Å². The summed E-state index contributed by atoms with van der Waals surface area (Å²) in [5.41, 5.74) is 6.68. The second kappa shape index (κ2) is 4.79. The maximum absolute atomic E-state index is 13.3. The van der Waals surface area contributed by atoms with Gasteiger partial charge in [-0.1, -0.05) is 0 Å². The number of carbonyl (C=O) groups excluding carboxylic acids is 1. The van der Waals surface area contributed by atoms with Crippen LogP contribution in [0.1, 0.15) is 15.9 Å². The maximum Gasteiger partial charge on any atom is 0.259 e. The Morgan fingerprint density at radius 1 is 1.44 bits per heavy atom. The van der Waals surface area contributed by atoms with Crippen LogP contribution in [0.25, 0.3) is 0 Å². The van der Waals surface area contributed by atoms with Crippen LogP contribution >= 0.6 is 0 Å². The normalized spacial score (nSPS) is 10.1. The lowest BCUT2D eigenvalue weighted by molar-refractivity contribution is 0.102. The maximum atomic E-state index is 13.3. The number of nitrogens with two attached hydrogens (primary N) is 1. The van der Waals surface area contributed by atoms with Crippen molar-refractivity contribution in [2.45, 2.75) is 6.92 Å². The van der Waals surface area contributed by atoms with Crippen molar-refractivity contribution in [1.82, 2.24) is 9.97 Å². The molecule has 5 nitrogen and oxygen atoms in total. The second-order valence-corrected chi connectivity index (χ2v) is 3.74. The molecule has 0 spiro atoms. The first-order valence-electron chi connectivity index (χ1n) is 5.21. The first-order valence-corrected chi connectivity index (χ1v) is 5.21. The van der Waals surface area contributed by atoms with Gasteiger partial charge >= 0.3 is 0 Å². The number of anilines is 2. The van der Waals surface area contributed by atoms with E-state index < -0.39 is 11.7 Å². The summed E-state index contributed by atoms with van der Waals surface area (Å²) in [6, 6.07) is 2.98. The predicted molar refractivity (Wildman–Crippen MR) is 65.5 cm³/mol. The molecule has 0 aromatic carbocycles. The van der Waals surface area contributed by atoms with E-state index in [1.807, 2.05) is 0 Å². The fourth-order valence-electron chi connectivity index (χ4n) is 1.46. The van der Waals surface area contributed by atoms with Gasteiger partial charge in [0, 0.05) is 6.20 Å². The zero-order valence-corrected chi connectivity index (χ0v) is 9.64. The van der Waals surface area contributed by atoms with Crippen molar-refractivity contribution in [3.8, 4) is 0 Å². The second-order valence-electron chi connectivity index (χ2n) is 3.74. The molecule has 2 aromatic heterocycles. The van der Waals surface area contributed by atoms with E-state index in [4.69, 9.17) is 5.73 Å². The molecule has 6 heteroatoms. The van der Waals surface area contributed by atoms with Gasteiger partial charge in [0.25, 0.3) is 5.91 Å². The number of hydrogen-bond donors (Lipinski definition) is 2. The number of pyridine rings is 2. The fourth-order valence-corrected chi connectivity index (χ4v) is 1.46. The van der Waals surface area contributed by atoms with Gasteiger partial charge in [-0.2, -0.15) is 0 Å². The number of nitrogens with one attached hydrogen (secondary N) is 1. The van der Waals surface area contributed by atoms with Crippen LogP contribution in [0.5, 0.6) is 0 Å². The lowest BCUT2D eigenvalue weighted by Gasteiger charge is -2.08. The van der Waals surface area contributed by atoms with Crippen LogP contribution in [0, 0.1) is 12.7 Å². The van der Waals surface area contributed by atoms with Gasteiger partial charge < -0.3 is 11.1 Å². The van der Waals surface area contributed by atoms with E-state index in [1.54, 1.807) is 13.0 Å². The Balaban J connectivity index is 2.24. The minimum absolute atomic E-state index is 0.0805. The van der Waals surface area contributed by atoms with Crippen molar-refractivity contribution in [3.63, 3.8) is 0 Å². The van der Waals surface area contributed by atoms with Crippen LogP contribution in [0.3, 0.4) is 0 Å². The van der Waals surface area contributed by atoms with Crippen LogP contribution in [0.2, 0.25) is 0 Å². The Morgan fingerprint density at radius 3 is 2.89 bits per heavy atom. The van der Waals surface area contributed by atoms with Crippen LogP contribution in [-0.2, 0) is 0 Å². The molecule has 92 valence electrons. The van der Waals surface area contributed by atoms with Gasteiger partial charge in [0.05, 0.1) is 23.6 Å². The van der Waals surface area contributed by atoms with Crippen molar-refractivity contribution < 1.29 is 9.18 Å². The third kappa shape index (κ3) is 2.42. The minimum Gasteiger partial charge on any atom is -0.397 e. The molecule has 2 aromatic rings. The highest BCUT2D eigenvalue weighted by molar-refractivity contribution is 6.04. The van der Waals surface area contributed by atoms with Gasteiger partial charge in [0.2, 0.25) is 0 Å². The molecule has 0 bridgehead atoms. The summed E-state index contributed by atoms with van der Waals surface area (Å²) in [6.07, 6.45) is 3.75. The van der Waals surface area contributed by atoms with Crippen molar-refractivity contribution in [1.29, 1.82) is 0 Å². The minimum atomic E-state index is -0.678. The molecule has 2 heterocycles. The highest BCUT2D eigenvalue weighted by Crippen LogP contribution is 2.15. The Kier molecular flexibility index (Phi) is 3.18. The Bertz CT molecular complexity index is 600. The molecular formula is C12H11FN4O. The van der Waals surface area contributed by atoms with Crippen molar-refractivity contribution in [2.75, 3.05) is 11.1 Å². The third-order valence-electron chi connectivity index (χ3n) is 2.35. The van der Waals surface area contributed by atoms with Gasteiger partial charge in [-0.25, -0.2) is 9.37 Å². The van der Waals surface area contributed by atoms with E-state index in [9.17, 15) is 9.18 Å². The van der Waals surface area contributed by atoms with E-state index in [0.29, 0.717) is 17.1 Å². The standard InChI is InChI=1S/C12H11FN4O/c1-7-4-8(14)5-16-11(7)17-12(18)9-2-3-15-6-10(9)13/h2-6H,14H2,1H3,(H,16,17,18).